The number of halogens is 1. The summed E-state index contributed by atoms with van der Waals surface area (Å²) in [6.07, 6.45) is 2.53. The Kier molecular flexibility index (Phi) is 4.80. The molecule has 5 heteroatoms. The molecule has 102 valence electrons. The molecule has 1 N–H and O–H groups in total. The number of nitrogens with one attached hydrogen (secondary N) is 1. The summed E-state index contributed by atoms with van der Waals surface area (Å²) in [5.41, 5.74) is 0.554. The van der Waals surface area contributed by atoms with Crippen LogP contribution in [0.15, 0.2) is 24.3 Å². The smallest absolute Gasteiger partial charge is 0.251 e. The summed E-state index contributed by atoms with van der Waals surface area (Å²) in [5, 5.41) is 3.34. The zero-order valence-corrected chi connectivity index (χ0v) is 11.4. The molecule has 0 aromatic heterocycles. The van der Waals surface area contributed by atoms with E-state index in [0.29, 0.717) is 23.6 Å². The molecule has 0 unspecified atom stereocenters. The third-order valence-electron chi connectivity index (χ3n) is 3.19. The largest absolute Gasteiger partial charge is 0.352 e. The van der Waals surface area contributed by atoms with Gasteiger partial charge in [-0.25, -0.2) is 0 Å². The molecule has 4 nitrogen and oxygen atoms in total. The molecule has 19 heavy (non-hydrogen) atoms. The van der Waals surface area contributed by atoms with Crippen LogP contribution in [0.2, 0.25) is 5.02 Å². The van der Waals surface area contributed by atoms with Gasteiger partial charge in [0, 0.05) is 36.6 Å². The average Bonchev–Trinajstić information content (AvgIpc) is 2.93. The van der Waals surface area contributed by atoms with Crippen molar-refractivity contribution < 1.29 is 9.59 Å². The van der Waals surface area contributed by atoms with Crippen molar-refractivity contribution in [1.29, 1.82) is 0 Å². The number of carbonyl (C=O) groups is 2. The third kappa shape index (κ3) is 3.96. The normalized spacial score (nSPS) is 14.5. The molecule has 1 fully saturated rings. The number of likely N-dealkylation sites (tertiary alicyclic amines) is 1. The van der Waals surface area contributed by atoms with Crippen LogP contribution in [0.1, 0.15) is 29.6 Å². The molecule has 0 bridgehead atoms. The molecule has 1 saturated heterocycles. The van der Waals surface area contributed by atoms with Gasteiger partial charge < -0.3 is 10.2 Å². The fourth-order valence-corrected chi connectivity index (χ4v) is 2.24. The highest BCUT2D eigenvalue weighted by Crippen LogP contribution is 2.10. The van der Waals surface area contributed by atoms with Gasteiger partial charge in [-0.2, -0.15) is 0 Å². The molecular formula is C14H17ClN2O2. The number of amides is 2. The summed E-state index contributed by atoms with van der Waals surface area (Å²) in [6, 6.07) is 6.68. The van der Waals surface area contributed by atoms with Crippen LogP contribution in [0.3, 0.4) is 0 Å². The van der Waals surface area contributed by atoms with Crippen molar-refractivity contribution in [3.05, 3.63) is 34.9 Å². The van der Waals surface area contributed by atoms with E-state index in [-0.39, 0.29) is 11.8 Å². The second-order valence-electron chi connectivity index (χ2n) is 4.60. The van der Waals surface area contributed by atoms with E-state index < -0.39 is 0 Å². The highest BCUT2D eigenvalue weighted by Gasteiger charge is 2.17. The minimum atomic E-state index is -0.175. The van der Waals surface area contributed by atoms with Gasteiger partial charge in [0.15, 0.2) is 0 Å². The first kappa shape index (κ1) is 13.9. The molecule has 2 rings (SSSR count). The second-order valence-corrected chi connectivity index (χ2v) is 5.04. The van der Waals surface area contributed by atoms with Gasteiger partial charge in [0.25, 0.3) is 5.91 Å². The molecule has 1 aromatic carbocycles. The maximum Gasteiger partial charge on any atom is 0.251 e. The lowest BCUT2D eigenvalue weighted by Crippen LogP contribution is -2.32. The van der Waals surface area contributed by atoms with E-state index in [2.05, 4.69) is 5.32 Å². The van der Waals surface area contributed by atoms with E-state index >= 15 is 0 Å². The van der Waals surface area contributed by atoms with Crippen LogP contribution in [-0.4, -0.2) is 36.3 Å². The van der Waals surface area contributed by atoms with Crippen LogP contribution in [0.4, 0.5) is 0 Å². The van der Waals surface area contributed by atoms with Crippen molar-refractivity contribution >= 4 is 23.4 Å². The van der Waals surface area contributed by atoms with E-state index in [1.54, 1.807) is 24.3 Å². The van der Waals surface area contributed by atoms with Gasteiger partial charge in [-0.1, -0.05) is 11.6 Å². The molecule has 0 radical (unpaired) electrons. The summed E-state index contributed by atoms with van der Waals surface area (Å²) in [5.74, 6) is -0.0557. The molecular weight excluding hydrogens is 264 g/mol. The van der Waals surface area contributed by atoms with Crippen LogP contribution in [-0.2, 0) is 4.79 Å². The third-order valence-corrected chi connectivity index (χ3v) is 3.44. The van der Waals surface area contributed by atoms with E-state index in [1.807, 2.05) is 4.90 Å². The first-order valence-corrected chi connectivity index (χ1v) is 6.86. The van der Waals surface area contributed by atoms with Gasteiger partial charge in [-0.05, 0) is 37.1 Å². The Morgan fingerprint density at radius 3 is 2.42 bits per heavy atom. The van der Waals surface area contributed by atoms with Crippen LogP contribution in [0.25, 0.3) is 0 Å². The van der Waals surface area contributed by atoms with Crippen molar-refractivity contribution in [1.82, 2.24) is 10.2 Å². The Bertz CT molecular complexity index is 453. The van der Waals surface area contributed by atoms with Gasteiger partial charge in [0.1, 0.15) is 0 Å². The molecule has 1 aliphatic heterocycles. The Morgan fingerprint density at radius 1 is 1.16 bits per heavy atom. The number of benzene rings is 1. The predicted molar refractivity (Wildman–Crippen MR) is 74.2 cm³/mol. The molecule has 1 heterocycles. The minimum absolute atomic E-state index is 0.119. The quantitative estimate of drug-likeness (QED) is 0.918. The van der Waals surface area contributed by atoms with E-state index in [0.717, 1.165) is 25.9 Å². The van der Waals surface area contributed by atoms with Crippen molar-refractivity contribution in [3.8, 4) is 0 Å². The molecule has 0 aliphatic carbocycles. The van der Waals surface area contributed by atoms with Crippen molar-refractivity contribution in [2.24, 2.45) is 0 Å². The first-order chi connectivity index (χ1) is 9.16. The Hall–Kier alpha value is -1.55. The average molecular weight is 281 g/mol. The minimum Gasteiger partial charge on any atom is -0.352 e. The molecule has 0 spiro atoms. The van der Waals surface area contributed by atoms with Gasteiger partial charge in [-0.3, -0.25) is 9.59 Å². The Labute approximate surface area is 117 Å². The molecule has 1 aliphatic rings. The molecule has 2 amide bonds. The summed E-state index contributed by atoms with van der Waals surface area (Å²) in [6.45, 7) is 2.07. The number of nitrogens with zero attached hydrogens (tertiary/aromatic N) is 1. The zero-order chi connectivity index (χ0) is 13.7. The summed E-state index contributed by atoms with van der Waals surface area (Å²) in [7, 11) is 0. The van der Waals surface area contributed by atoms with Gasteiger partial charge in [-0.15, -0.1) is 0 Å². The van der Waals surface area contributed by atoms with E-state index in [9.17, 15) is 9.59 Å². The van der Waals surface area contributed by atoms with Crippen LogP contribution in [0, 0.1) is 0 Å². The molecule has 0 atom stereocenters. The van der Waals surface area contributed by atoms with Crippen molar-refractivity contribution in [3.63, 3.8) is 0 Å². The molecule has 0 saturated carbocycles. The zero-order valence-electron chi connectivity index (χ0n) is 10.7. The topological polar surface area (TPSA) is 49.4 Å². The highest BCUT2D eigenvalue weighted by atomic mass is 35.5. The van der Waals surface area contributed by atoms with Gasteiger partial charge in [0.05, 0.1) is 0 Å². The number of carbonyl (C=O) groups excluding carboxylic acids is 2. The number of hydrogen-bond donors (Lipinski definition) is 1. The van der Waals surface area contributed by atoms with Crippen LogP contribution in [0.5, 0.6) is 0 Å². The number of hydrogen-bond acceptors (Lipinski definition) is 2. The maximum atomic E-state index is 11.8. The van der Waals surface area contributed by atoms with Crippen molar-refractivity contribution in [2.45, 2.75) is 19.3 Å². The lowest BCUT2D eigenvalue weighted by molar-refractivity contribution is -0.129. The maximum absolute atomic E-state index is 11.8. The fourth-order valence-electron chi connectivity index (χ4n) is 2.11. The molecule has 1 aromatic rings. The lowest BCUT2D eigenvalue weighted by Gasteiger charge is -2.15. The van der Waals surface area contributed by atoms with Gasteiger partial charge in [0.2, 0.25) is 5.91 Å². The first-order valence-electron chi connectivity index (χ1n) is 6.48. The predicted octanol–water partition coefficient (Wildman–Crippen LogP) is 2.08. The van der Waals surface area contributed by atoms with E-state index in [1.165, 1.54) is 0 Å². The van der Waals surface area contributed by atoms with E-state index in [4.69, 9.17) is 11.6 Å². The summed E-state index contributed by atoms with van der Waals surface area (Å²) in [4.78, 5) is 25.4. The lowest BCUT2D eigenvalue weighted by atomic mass is 10.2. The van der Waals surface area contributed by atoms with Crippen LogP contribution < -0.4 is 5.32 Å². The second kappa shape index (κ2) is 6.57. The summed E-state index contributed by atoms with van der Waals surface area (Å²) < 4.78 is 0. The monoisotopic (exact) mass is 280 g/mol. The van der Waals surface area contributed by atoms with Gasteiger partial charge >= 0.3 is 0 Å². The number of rotatable bonds is 4. The Morgan fingerprint density at radius 2 is 1.79 bits per heavy atom. The van der Waals surface area contributed by atoms with Crippen LogP contribution >= 0.6 is 11.6 Å². The fraction of sp³-hybridized carbons (Fsp3) is 0.429. The SMILES string of the molecule is O=C(NCCC(=O)N1CCCC1)c1ccc(Cl)cc1. The summed E-state index contributed by atoms with van der Waals surface area (Å²) >= 11 is 5.75. The Balaban J connectivity index is 1.74. The standard InChI is InChI=1S/C14H17ClN2O2/c15-12-5-3-11(4-6-12)14(19)16-8-7-13(18)17-9-1-2-10-17/h3-6H,1-2,7-10H2,(H,16,19). The highest BCUT2D eigenvalue weighted by molar-refractivity contribution is 6.30. The van der Waals surface area contributed by atoms with Crippen molar-refractivity contribution in [2.75, 3.05) is 19.6 Å².